The summed E-state index contributed by atoms with van der Waals surface area (Å²) in [5.74, 6) is -0.444. The first-order valence-electron chi connectivity index (χ1n) is 6.22. The molecule has 0 aliphatic rings. The number of Topliss-reactive ketones (excluding diaryl/α,β-unsaturated/α-hetero) is 1. The van der Waals surface area contributed by atoms with Gasteiger partial charge < -0.3 is 0 Å². The number of rotatable bonds is 5. The Morgan fingerprint density at radius 1 is 0.810 bits per heavy atom. The normalized spacial score (nSPS) is 10.9. The zero-order chi connectivity index (χ0) is 15.5. The van der Waals surface area contributed by atoms with Gasteiger partial charge in [0, 0.05) is 11.1 Å². The van der Waals surface area contributed by atoms with Crippen molar-refractivity contribution in [3.8, 4) is 0 Å². The standard InChI is InChI=1S/C17H14O3S/c1-13(17(18)15-9-5-3-6-10-15)14(2)21(19,20)16-11-7-4-8-12-16/h3-12H,1-2H2. The van der Waals surface area contributed by atoms with Gasteiger partial charge in [0.15, 0.2) is 5.78 Å². The molecular formula is C17H14O3S. The molecule has 3 nitrogen and oxygen atoms in total. The van der Waals surface area contributed by atoms with Gasteiger partial charge in [0.05, 0.1) is 9.80 Å². The molecule has 2 aromatic carbocycles. The van der Waals surface area contributed by atoms with E-state index < -0.39 is 15.6 Å². The number of sulfone groups is 1. The van der Waals surface area contributed by atoms with Gasteiger partial charge in [0.2, 0.25) is 9.84 Å². The Kier molecular flexibility index (Phi) is 4.19. The molecule has 0 fully saturated rings. The van der Waals surface area contributed by atoms with Crippen molar-refractivity contribution in [1.82, 2.24) is 0 Å². The Morgan fingerprint density at radius 3 is 1.81 bits per heavy atom. The van der Waals surface area contributed by atoms with Gasteiger partial charge in [0.25, 0.3) is 0 Å². The molecule has 0 unspecified atom stereocenters. The number of hydrogen-bond donors (Lipinski definition) is 0. The summed E-state index contributed by atoms with van der Waals surface area (Å²) in [6.45, 7) is 7.14. The number of benzene rings is 2. The van der Waals surface area contributed by atoms with Crippen molar-refractivity contribution in [2.45, 2.75) is 4.90 Å². The first-order valence-corrected chi connectivity index (χ1v) is 7.71. The molecule has 0 aliphatic carbocycles. The SMILES string of the molecule is C=C(C(=C)S(=O)(=O)c1ccccc1)C(=O)c1ccccc1. The van der Waals surface area contributed by atoms with Gasteiger partial charge in [-0.2, -0.15) is 0 Å². The highest BCUT2D eigenvalue weighted by Gasteiger charge is 2.25. The third-order valence-electron chi connectivity index (χ3n) is 3.02. The van der Waals surface area contributed by atoms with Crippen molar-refractivity contribution in [1.29, 1.82) is 0 Å². The summed E-state index contributed by atoms with van der Waals surface area (Å²) in [5, 5.41) is 0. The molecule has 0 aromatic heterocycles. The lowest BCUT2D eigenvalue weighted by Gasteiger charge is -2.10. The highest BCUT2D eigenvalue weighted by molar-refractivity contribution is 7.95. The molecule has 0 radical (unpaired) electrons. The second-order valence-corrected chi connectivity index (χ2v) is 6.38. The highest BCUT2D eigenvalue weighted by Crippen LogP contribution is 2.24. The minimum atomic E-state index is -3.81. The summed E-state index contributed by atoms with van der Waals surface area (Å²) in [7, 11) is -3.81. The molecule has 106 valence electrons. The maximum atomic E-state index is 12.4. The number of hydrogen-bond acceptors (Lipinski definition) is 3. The molecular weight excluding hydrogens is 284 g/mol. The topological polar surface area (TPSA) is 51.2 Å². The van der Waals surface area contributed by atoms with Gasteiger partial charge in [-0.3, -0.25) is 4.79 Å². The predicted octanol–water partition coefficient (Wildman–Crippen LogP) is 3.41. The van der Waals surface area contributed by atoms with Gasteiger partial charge in [-0.05, 0) is 12.1 Å². The lowest BCUT2D eigenvalue weighted by atomic mass is 10.1. The van der Waals surface area contributed by atoms with Crippen LogP contribution in [0.3, 0.4) is 0 Å². The lowest BCUT2D eigenvalue weighted by molar-refractivity contribution is 0.103. The van der Waals surface area contributed by atoms with E-state index in [1.165, 1.54) is 12.1 Å². The molecule has 0 atom stereocenters. The predicted molar refractivity (Wildman–Crippen MR) is 82.7 cm³/mol. The summed E-state index contributed by atoms with van der Waals surface area (Å²) in [4.78, 5) is 12.1. The molecule has 0 aliphatic heterocycles. The zero-order valence-corrected chi connectivity index (χ0v) is 12.1. The minimum Gasteiger partial charge on any atom is -0.289 e. The molecule has 0 saturated carbocycles. The third kappa shape index (κ3) is 3.01. The lowest BCUT2D eigenvalue weighted by Crippen LogP contribution is -2.12. The van der Waals surface area contributed by atoms with E-state index in [4.69, 9.17) is 0 Å². The van der Waals surface area contributed by atoms with Gasteiger partial charge in [-0.15, -0.1) is 0 Å². The maximum Gasteiger partial charge on any atom is 0.206 e. The van der Waals surface area contributed by atoms with E-state index in [-0.39, 0.29) is 15.4 Å². The van der Waals surface area contributed by atoms with E-state index in [1.807, 2.05) is 0 Å². The van der Waals surface area contributed by atoms with Crippen molar-refractivity contribution in [2.75, 3.05) is 0 Å². The second kappa shape index (κ2) is 5.89. The van der Waals surface area contributed by atoms with E-state index in [9.17, 15) is 13.2 Å². The zero-order valence-electron chi connectivity index (χ0n) is 11.3. The fourth-order valence-corrected chi connectivity index (χ4v) is 3.01. The summed E-state index contributed by atoms with van der Waals surface area (Å²) in [5.41, 5.74) is 0.261. The summed E-state index contributed by atoms with van der Waals surface area (Å²) in [6.07, 6.45) is 0. The fraction of sp³-hybridized carbons (Fsp3) is 0. The molecule has 4 heteroatoms. The van der Waals surface area contributed by atoms with Crippen LogP contribution in [-0.4, -0.2) is 14.2 Å². The van der Waals surface area contributed by atoms with Crippen LogP contribution in [0.2, 0.25) is 0 Å². The van der Waals surface area contributed by atoms with Gasteiger partial charge in [-0.25, -0.2) is 8.42 Å². The van der Waals surface area contributed by atoms with Crippen LogP contribution in [-0.2, 0) is 9.84 Å². The molecule has 2 aromatic rings. The average molecular weight is 298 g/mol. The third-order valence-corrected chi connectivity index (χ3v) is 4.81. The summed E-state index contributed by atoms with van der Waals surface area (Å²) in [6, 6.07) is 16.3. The van der Waals surface area contributed by atoms with Gasteiger partial charge in [0.1, 0.15) is 0 Å². The summed E-state index contributed by atoms with van der Waals surface area (Å²) < 4.78 is 24.8. The van der Waals surface area contributed by atoms with Crippen LogP contribution in [0.15, 0.2) is 89.2 Å². The molecule has 2 rings (SSSR count). The first kappa shape index (κ1) is 14.9. The maximum absolute atomic E-state index is 12.4. The quantitative estimate of drug-likeness (QED) is 0.483. The second-order valence-electron chi connectivity index (χ2n) is 4.41. The van der Waals surface area contributed by atoms with E-state index in [0.717, 1.165) is 0 Å². The Bertz CT molecular complexity index is 788. The first-order chi connectivity index (χ1) is 9.94. The van der Waals surface area contributed by atoms with Crippen molar-refractivity contribution in [3.05, 3.63) is 89.9 Å². The van der Waals surface area contributed by atoms with Gasteiger partial charge in [-0.1, -0.05) is 61.7 Å². The Balaban J connectivity index is 2.32. The molecule has 0 N–H and O–H groups in total. The Hall–Kier alpha value is -2.46. The van der Waals surface area contributed by atoms with Crippen molar-refractivity contribution in [3.63, 3.8) is 0 Å². The minimum absolute atomic E-state index is 0.0945. The molecule has 0 saturated heterocycles. The number of carbonyl (C=O) groups excluding carboxylic acids is 1. The van der Waals surface area contributed by atoms with Crippen molar-refractivity contribution >= 4 is 15.6 Å². The van der Waals surface area contributed by atoms with Crippen molar-refractivity contribution < 1.29 is 13.2 Å². The number of ketones is 1. The summed E-state index contributed by atoms with van der Waals surface area (Å²) >= 11 is 0. The number of carbonyl (C=O) groups is 1. The van der Waals surface area contributed by atoms with Crippen LogP contribution >= 0.6 is 0 Å². The van der Waals surface area contributed by atoms with Crippen LogP contribution < -0.4 is 0 Å². The Morgan fingerprint density at radius 2 is 1.29 bits per heavy atom. The highest BCUT2D eigenvalue weighted by atomic mass is 32.2. The van der Waals surface area contributed by atoms with E-state index in [2.05, 4.69) is 13.2 Å². The van der Waals surface area contributed by atoms with Crippen LogP contribution in [0.4, 0.5) is 0 Å². The molecule has 0 heterocycles. The number of allylic oxidation sites excluding steroid dienone is 1. The largest absolute Gasteiger partial charge is 0.289 e. The van der Waals surface area contributed by atoms with Gasteiger partial charge >= 0.3 is 0 Å². The van der Waals surface area contributed by atoms with E-state index in [0.29, 0.717) is 5.56 Å². The molecule has 21 heavy (non-hydrogen) atoms. The average Bonchev–Trinajstić information content (AvgIpc) is 2.54. The van der Waals surface area contributed by atoms with Crippen molar-refractivity contribution in [2.24, 2.45) is 0 Å². The Labute approximate surface area is 124 Å². The molecule has 0 amide bonds. The van der Waals surface area contributed by atoms with E-state index in [1.54, 1.807) is 48.5 Å². The smallest absolute Gasteiger partial charge is 0.206 e. The van der Waals surface area contributed by atoms with Crippen LogP contribution in [0.25, 0.3) is 0 Å². The fourth-order valence-electron chi connectivity index (χ4n) is 1.79. The molecule has 0 spiro atoms. The van der Waals surface area contributed by atoms with E-state index >= 15 is 0 Å². The van der Waals surface area contributed by atoms with Crippen LogP contribution in [0.1, 0.15) is 10.4 Å². The van der Waals surface area contributed by atoms with Crippen LogP contribution in [0.5, 0.6) is 0 Å². The van der Waals surface area contributed by atoms with Crippen LogP contribution in [0, 0.1) is 0 Å². The molecule has 0 bridgehead atoms. The monoisotopic (exact) mass is 298 g/mol.